The first-order valence-corrected chi connectivity index (χ1v) is 9.36. The summed E-state index contributed by atoms with van der Waals surface area (Å²) in [5.74, 6) is 0.282. The maximum absolute atomic E-state index is 13.3. The van der Waals surface area contributed by atoms with E-state index in [1.165, 1.54) is 6.92 Å². The van der Waals surface area contributed by atoms with Gasteiger partial charge >= 0.3 is 12.3 Å². The molecule has 7 nitrogen and oxygen atoms in total. The van der Waals surface area contributed by atoms with E-state index in [1.807, 2.05) is 0 Å². The van der Waals surface area contributed by atoms with E-state index in [1.54, 1.807) is 32.6 Å². The molecule has 0 N–H and O–H groups in total. The van der Waals surface area contributed by atoms with E-state index < -0.39 is 29.7 Å². The molecule has 3 rings (SSSR count). The standard InChI is InChI=1S/C17H20BrF3N4O3/c1-8-10(27-15(26)28-16(3,4)5)7-24(8)14-13-22-6-11(17(19,20)21)25(13)9(2)12(18)23-14/h6,8,10H,7H2,1-5H3/t8-,10+/m0/s1. The summed E-state index contributed by atoms with van der Waals surface area (Å²) in [6, 6.07) is -0.301. The third-order valence-electron chi connectivity index (χ3n) is 4.41. The summed E-state index contributed by atoms with van der Waals surface area (Å²) in [6.45, 7) is 8.77. The highest BCUT2D eigenvalue weighted by Crippen LogP contribution is 2.37. The van der Waals surface area contributed by atoms with E-state index in [9.17, 15) is 18.0 Å². The predicted molar refractivity (Wildman–Crippen MR) is 98.3 cm³/mol. The van der Waals surface area contributed by atoms with Crippen LogP contribution in [-0.4, -0.2) is 44.8 Å². The smallest absolute Gasteiger partial charge is 0.429 e. The van der Waals surface area contributed by atoms with E-state index in [0.29, 0.717) is 5.69 Å². The van der Waals surface area contributed by atoms with Gasteiger partial charge in [0, 0.05) is 0 Å². The quantitative estimate of drug-likeness (QED) is 0.615. The number of alkyl halides is 3. The molecule has 0 radical (unpaired) electrons. The molecule has 0 aliphatic carbocycles. The van der Waals surface area contributed by atoms with Crippen LogP contribution in [0, 0.1) is 6.92 Å². The van der Waals surface area contributed by atoms with Crippen molar-refractivity contribution in [3.63, 3.8) is 0 Å². The maximum Gasteiger partial charge on any atom is 0.509 e. The molecular weight excluding hydrogens is 445 g/mol. The minimum absolute atomic E-state index is 0.0931. The lowest BCUT2D eigenvalue weighted by atomic mass is 10.0. The molecule has 0 spiro atoms. The monoisotopic (exact) mass is 464 g/mol. The minimum Gasteiger partial charge on any atom is -0.429 e. The Balaban J connectivity index is 1.87. The van der Waals surface area contributed by atoms with Gasteiger partial charge in [-0.1, -0.05) is 0 Å². The van der Waals surface area contributed by atoms with Gasteiger partial charge in [0.2, 0.25) is 0 Å². The molecule has 0 unspecified atom stereocenters. The first kappa shape index (κ1) is 20.7. The van der Waals surface area contributed by atoms with Crippen molar-refractivity contribution < 1.29 is 27.4 Å². The zero-order chi connectivity index (χ0) is 21.0. The summed E-state index contributed by atoms with van der Waals surface area (Å²) in [5, 5.41) is 0. The second-order valence-corrected chi connectivity index (χ2v) is 8.38. The summed E-state index contributed by atoms with van der Waals surface area (Å²) in [4.78, 5) is 21.9. The first-order chi connectivity index (χ1) is 12.8. The van der Waals surface area contributed by atoms with Gasteiger partial charge < -0.3 is 14.4 Å². The summed E-state index contributed by atoms with van der Waals surface area (Å²) in [7, 11) is 0. The van der Waals surface area contributed by atoms with Crippen molar-refractivity contribution in [1.29, 1.82) is 0 Å². The molecule has 0 amide bonds. The Morgan fingerprint density at radius 1 is 1.32 bits per heavy atom. The highest BCUT2D eigenvalue weighted by Gasteiger charge is 2.43. The molecule has 154 valence electrons. The lowest BCUT2D eigenvalue weighted by molar-refractivity contribution is -0.141. The average molecular weight is 465 g/mol. The largest absolute Gasteiger partial charge is 0.509 e. The Kier molecular flexibility index (Phi) is 5.01. The topological polar surface area (TPSA) is 69.0 Å². The van der Waals surface area contributed by atoms with Gasteiger partial charge in [-0.15, -0.1) is 0 Å². The molecule has 1 saturated heterocycles. The number of imidazole rings is 1. The van der Waals surface area contributed by atoms with E-state index in [2.05, 4.69) is 25.9 Å². The number of carbonyl (C=O) groups is 1. The zero-order valence-electron chi connectivity index (χ0n) is 16.0. The molecule has 1 aliphatic rings. The third kappa shape index (κ3) is 3.76. The van der Waals surface area contributed by atoms with Crippen molar-refractivity contribution in [1.82, 2.24) is 14.4 Å². The van der Waals surface area contributed by atoms with Gasteiger partial charge in [-0.25, -0.2) is 14.8 Å². The van der Waals surface area contributed by atoms with Crippen LogP contribution in [0.3, 0.4) is 0 Å². The number of hydrogen-bond donors (Lipinski definition) is 0. The van der Waals surface area contributed by atoms with Crippen molar-refractivity contribution in [3.05, 3.63) is 22.2 Å². The van der Waals surface area contributed by atoms with Crippen molar-refractivity contribution in [2.75, 3.05) is 11.4 Å². The van der Waals surface area contributed by atoms with Crippen LogP contribution in [0.2, 0.25) is 0 Å². The SMILES string of the molecule is Cc1c(Br)nc(N2C[C@@H](OC(=O)OC(C)(C)C)[C@@H]2C)c2ncc(C(F)(F)F)n12. The van der Waals surface area contributed by atoms with Gasteiger partial charge in [0.15, 0.2) is 11.5 Å². The zero-order valence-corrected chi connectivity index (χ0v) is 17.6. The molecule has 0 saturated carbocycles. The van der Waals surface area contributed by atoms with Crippen LogP contribution < -0.4 is 4.90 Å². The minimum atomic E-state index is -4.55. The lowest BCUT2D eigenvalue weighted by Gasteiger charge is -2.45. The lowest BCUT2D eigenvalue weighted by Crippen LogP contribution is -2.61. The Morgan fingerprint density at radius 3 is 2.50 bits per heavy atom. The van der Waals surface area contributed by atoms with Crippen LogP contribution >= 0.6 is 15.9 Å². The average Bonchev–Trinajstić information content (AvgIpc) is 2.98. The van der Waals surface area contributed by atoms with Crippen LogP contribution in [0.15, 0.2) is 10.8 Å². The second-order valence-electron chi connectivity index (χ2n) is 7.63. The molecule has 2 atom stereocenters. The van der Waals surface area contributed by atoms with Crippen LogP contribution in [0.1, 0.15) is 39.1 Å². The molecule has 1 aliphatic heterocycles. The van der Waals surface area contributed by atoms with Gasteiger partial charge in [-0.2, -0.15) is 13.2 Å². The van der Waals surface area contributed by atoms with Gasteiger partial charge in [0.25, 0.3) is 0 Å². The predicted octanol–water partition coefficient (Wildman–Crippen LogP) is 4.35. The molecular formula is C17H20BrF3N4O3. The fraction of sp³-hybridized carbons (Fsp3) is 0.588. The number of aromatic nitrogens is 3. The van der Waals surface area contributed by atoms with Gasteiger partial charge in [-0.3, -0.25) is 4.40 Å². The Hall–Kier alpha value is -2.04. The van der Waals surface area contributed by atoms with Crippen LogP contribution in [0.4, 0.5) is 23.8 Å². The Bertz CT molecular complexity index is 923. The van der Waals surface area contributed by atoms with Crippen LogP contribution in [0.25, 0.3) is 5.65 Å². The van der Waals surface area contributed by atoms with Crippen LogP contribution in [0.5, 0.6) is 0 Å². The number of ether oxygens (including phenoxy) is 2. The number of rotatable bonds is 2. The number of aryl methyl sites for hydroxylation is 1. The van der Waals surface area contributed by atoms with Crippen LogP contribution in [-0.2, 0) is 15.7 Å². The number of anilines is 1. The highest BCUT2D eigenvalue weighted by atomic mass is 79.9. The fourth-order valence-electron chi connectivity index (χ4n) is 2.95. The molecule has 28 heavy (non-hydrogen) atoms. The summed E-state index contributed by atoms with van der Waals surface area (Å²) >= 11 is 3.22. The van der Waals surface area contributed by atoms with Crippen molar-refractivity contribution in [2.45, 2.75) is 58.5 Å². The number of carbonyl (C=O) groups excluding carboxylic acids is 1. The molecule has 11 heteroatoms. The summed E-state index contributed by atoms with van der Waals surface area (Å²) < 4.78 is 51.7. The fourth-order valence-corrected chi connectivity index (χ4v) is 3.29. The van der Waals surface area contributed by atoms with Gasteiger partial charge in [0.05, 0.1) is 24.5 Å². The normalized spacial score (nSPS) is 20.2. The molecule has 3 heterocycles. The second kappa shape index (κ2) is 6.78. The molecule has 2 aromatic rings. The number of nitrogens with zero attached hydrogens (tertiary/aromatic N) is 4. The number of hydrogen-bond acceptors (Lipinski definition) is 6. The first-order valence-electron chi connectivity index (χ1n) is 8.56. The Morgan fingerprint density at radius 2 is 1.96 bits per heavy atom. The van der Waals surface area contributed by atoms with Gasteiger partial charge in [-0.05, 0) is 50.5 Å². The molecule has 0 bridgehead atoms. The maximum atomic E-state index is 13.3. The molecule has 0 aromatic carbocycles. The van der Waals surface area contributed by atoms with Crippen molar-refractivity contribution in [3.8, 4) is 0 Å². The highest BCUT2D eigenvalue weighted by molar-refractivity contribution is 9.10. The number of halogens is 4. The van der Waals surface area contributed by atoms with E-state index >= 15 is 0 Å². The molecule has 2 aromatic heterocycles. The van der Waals surface area contributed by atoms with Crippen molar-refractivity contribution >= 4 is 33.6 Å². The summed E-state index contributed by atoms with van der Waals surface area (Å²) in [6.07, 6.45) is -5.01. The molecule has 1 fully saturated rings. The van der Waals surface area contributed by atoms with Crippen molar-refractivity contribution in [2.24, 2.45) is 0 Å². The van der Waals surface area contributed by atoms with Gasteiger partial charge in [0.1, 0.15) is 22.0 Å². The Labute approximate surface area is 168 Å². The van der Waals surface area contributed by atoms with E-state index in [-0.39, 0.29) is 28.7 Å². The van der Waals surface area contributed by atoms with E-state index in [4.69, 9.17) is 9.47 Å². The van der Waals surface area contributed by atoms with E-state index in [0.717, 1.165) is 10.6 Å². The number of fused-ring (bicyclic) bond motifs is 1. The summed E-state index contributed by atoms with van der Waals surface area (Å²) in [5.41, 5.74) is -1.17. The third-order valence-corrected chi connectivity index (χ3v) is 5.16.